The number of carbonyl (C=O) groups excluding carboxylic acids is 1. The summed E-state index contributed by atoms with van der Waals surface area (Å²) in [4.78, 5) is 22.1. The van der Waals surface area contributed by atoms with Crippen LogP contribution in [-0.2, 0) is 4.79 Å². The normalized spacial score (nSPS) is 10.5. The Morgan fingerprint density at radius 2 is 1.89 bits per heavy atom. The van der Waals surface area contributed by atoms with E-state index >= 15 is 0 Å². The van der Waals surface area contributed by atoms with Crippen LogP contribution in [0.25, 0.3) is 0 Å². The zero-order valence-corrected chi connectivity index (χ0v) is 11.2. The summed E-state index contributed by atoms with van der Waals surface area (Å²) in [5, 5.41) is 11.3. The quantitative estimate of drug-likeness (QED) is 0.553. The van der Waals surface area contributed by atoms with Gasteiger partial charge >= 0.3 is 5.97 Å². The van der Waals surface area contributed by atoms with E-state index in [1.807, 2.05) is 13.8 Å². The molecule has 0 saturated heterocycles. The molecule has 0 fully saturated rings. The van der Waals surface area contributed by atoms with Crippen molar-refractivity contribution in [3.63, 3.8) is 0 Å². The Hall–Kier alpha value is -1.88. The second-order valence-electron chi connectivity index (χ2n) is 4.43. The first kappa shape index (κ1) is 15.2. The van der Waals surface area contributed by atoms with Crippen LogP contribution < -0.4 is 10.1 Å². The second-order valence-corrected chi connectivity index (χ2v) is 4.43. The molecule has 0 spiro atoms. The van der Waals surface area contributed by atoms with Gasteiger partial charge in [0, 0.05) is 12.1 Å². The topological polar surface area (TPSA) is 75.6 Å². The Labute approximate surface area is 112 Å². The van der Waals surface area contributed by atoms with Crippen LogP contribution in [0.15, 0.2) is 24.3 Å². The highest BCUT2D eigenvalue weighted by Crippen LogP contribution is 2.13. The van der Waals surface area contributed by atoms with Crippen molar-refractivity contribution in [3.8, 4) is 5.75 Å². The van der Waals surface area contributed by atoms with Gasteiger partial charge in [-0.05, 0) is 38.1 Å². The lowest BCUT2D eigenvalue weighted by Gasteiger charge is -2.09. The number of hydrogen-bond donors (Lipinski definition) is 2. The van der Waals surface area contributed by atoms with Crippen molar-refractivity contribution in [1.82, 2.24) is 5.32 Å². The number of aliphatic carboxylic acids is 1. The Morgan fingerprint density at radius 3 is 2.42 bits per heavy atom. The molecule has 1 aromatic carbocycles. The summed E-state index contributed by atoms with van der Waals surface area (Å²) in [5.74, 6) is -0.220. The SMILES string of the molecule is CC(C)Oc1ccc(C(=O)CNCCC(=O)O)cc1. The van der Waals surface area contributed by atoms with Crippen LogP contribution in [0.2, 0.25) is 0 Å². The van der Waals surface area contributed by atoms with Crippen LogP contribution in [-0.4, -0.2) is 36.1 Å². The molecular formula is C14H19NO4. The molecule has 0 amide bonds. The van der Waals surface area contributed by atoms with E-state index in [9.17, 15) is 9.59 Å². The lowest BCUT2D eigenvalue weighted by Crippen LogP contribution is -2.25. The molecule has 0 unspecified atom stereocenters. The molecule has 2 N–H and O–H groups in total. The standard InChI is InChI=1S/C14H19NO4/c1-10(2)19-12-5-3-11(4-6-12)13(16)9-15-8-7-14(17)18/h3-6,10,15H,7-9H2,1-2H3,(H,17,18). The number of rotatable bonds is 8. The van der Waals surface area contributed by atoms with E-state index in [1.165, 1.54) is 0 Å². The minimum atomic E-state index is -0.880. The number of Topliss-reactive ketones (excluding diaryl/α,β-unsaturated/α-hetero) is 1. The fourth-order valence-electron chi connectivity index (χ4n) is 1.49. The van der Waals surface area contributed by atoms with Crippen LogP contribution in [0.5, 0.6) is 5.75 Å². The van der Waals surface area contributed by atoms with Crippen molar-refractivity contribution in [2.45, 2.75) is 26.4 Å². The van der Waals surface area contributed by atoms with E-state index in [2.05, 4.69) is 5.32 Å². The van der Waals surface area contributed by atoms with Crippen LogP contribution in [0.3, 0.4) is 0 Å². The van der Waals surface area contributed by atoms with E-state index in [4.69, 9.17) is 9.84 Å². The number of carboxylic acid groups (broad SMARTS) is 1. The van der Waals surface area contributed by atoms with E-state index in [-0.39, 0.29) is 31.4 Å². The third-order valence-corrected chi connectivity index (χ3v) is 2.35. The molecule has 5 nitrogen and oxygen atoms in total. The molecule has 0 aliphatic rings. The van der Waals surface area contributed by atoms with Crippen molar-refractivity contribution in [2.75, 3.05) is 13.1 Å². The highest BCUT2D eigenvalue weighted by molar-refractivity contribution is 5.97. The zero-order valence-electron chi connectivity index (χ0n) is 11.2. The molecule has 0 saturated carbocycles. The number of ketones is 1. The van der Waals surface area contributed by atoms with Crippen molar-refractivity contribution in [2.24, 2.45) is 0 Å². The molecule has 0 heterocycles. The maximum atomic E-state index is 11.8. The molecule has 19 heavy (non-hydrogen) atoms. The number of benzene rings is 1. The van der Waals surface area contributed by atoms with Crippen molar-refractivity contribution >= 4 is 11.8 Å². The summed E-state index contributed by atoms with van der Waals surface area (Å²) in [6.45, 7) is 4.30. The van der Waals surface area contributed by atoms with Gasteiger partial charge in [0.25, 0.3) is 0 Å². The summed E-state index contributed by atoms with van der Waals surface area (Å²) in [5.41, 5.74) is 0.582. The van der Waals surface area contributed by atoms with Gasteiger partial charge in [-0.1, -0.05) is 0 Å². The molecule has 0 aromatic heterocycles. The first-order valence-corrected chi connectivity index (χ1v) is 6.21. The van der Waals surface area contributed by atoms with Gasteiger partial charge in [-0.25, -0.2) is 0 Å². The monoisotopic (exact) mass is 265 g/mol. The fourth-order valence-corrected chi connectivity index (χ4v) is 1.49. The smallest absolute Gasteiger partial charge is 0.304 e. The van der Waals surface area contributed by atoms with Crippen molar-refractivity contribution < 1.29 is 19.4 Å². The Kier molecular flexibility index (Phi) is 6.02. The minimum Gasteiger partial charge on any atom is -0.491 e. The maximum absolute atomic E-state index is 11.8. The molecule has 0 aliphatic heterocycles. The first-order valence-electron chi connectivity index (χ1n) is 6.21. The summed E-state index contributed by atoms with van der Waals surface area (Å²) >= 11 is 0. The molecule has 5 heteroatoms. The Morgan fingerprint density at radius 1 is 1.26 bits per heavy atom. The predicted molar refractivity (Wildman–Crippen MR) is 71.7 cm³/mol. The van der Waals surface area contributed by atoms with Gasteiger partial charge in [-0.2, -0.15) is 0 Å². The highest BCUT2D eigenvalue weighted by atomic mass is 16.5. The van der Waals surface area contributed by atoms with E-state index in [1.54, 1.807) is 24.3 Å². The fraction of sp³-hybridized carbons (Fsp3) is 0.429. The highest BCUT2D eigenvalue weighted by Gasteiger charge is 2.06. The van der Waals surface area contributed by atoms with Crippen LogP contribution >= 0.6 is 0 Å². The number of carboxylic acids is 1. The minimum absolute atomic E-state index is 0.00838. The Balaban J connectivity index is 2.42. The van der Waals surface area contributed by atoms with E-state index in [0.29, 0.717) is 5.56 Å². The molecular weight excluding hydrogens is 246 g/mol. The maximum Gasteiger partial charge on any atom is 0.304 e. The summed E-state index contributed by atoms with van der Waals surface area (Å²) in [6.07, 6.45) is 0.105. The molecule has 104 valence electrons. The zero-order chi connectivity index (χ0) is 14.3. The number of ether oxygens (including phenoxy) is 1. The molecule has 0 radical (unpaired) electrons. The van der Waals surface area contributed by atoms with Gasteiger partial charge in [0.05, 0.1) is 19.1 Å². The summed E-state index contributed by atoms with van der Waals surface area (Å²) in [6, 6.07) is 6.92. The average Bonchev–Trinajstić information content (AvgIpc) is 2.34. The summed E-state index contributed by atoms with van der Waals surface area (Å²) in [7, 11) is 0. The third-order valence-electron chi connectivity index (χ3n) is 2.35. The van der Waals surface area contributed by atoms with Gasteiger partial charge in [0.15, 0.2) is 5.78 Å². The van der Waals surface area contributed by atoms with Gasteiger partial charge < -0.3 is 15.2 Å². The van der Waals surface area contributed by atoms with E-state index in [0.717, 1.165) is 5.75 Å². The van der Waals surface area contributed by atoms with E-state index < -0.39 is 5.97 Å². The van der Waals surface area contributed by atoms with Gasteiger partial charge in [-0.15, -0.1) is 0 Å². The van der Waals surface area contributed by atoms with Crippen LogP contribution in [0, 0.1) is 0 Å². The van der Waals surface area contributed by atoms with Gasteiger partial charge in [0.1, 0.15) is 5.75 Å². The Bertz CT molecular complexity index is 426. The lowest BCUT2D eigenvalue weighted by atomic mass is 10.1. The average molecular weight is 265 g/mol. The molecule has 0 atom stereocenters. The number of hydrogen-bond acceptors (Lipinski definition) is 4. The third kappa shape index (κ3) is 6.01. The van der Waals surface area contributed by atoms with Crippen molar-refractivity contribution in [1.29, 1.82) is 0 Å². The van der Waals surface area contributed by atoms with Crippen LogP contribution in [0.4, 0.5) is 0 Å². The largest absolute Gasteiger partial charge is 0.491 e. The molecule has 1 rings (SSSR count). The first-order chi connectivity index (χ1) is 8.99. The molecule has 0 aliphatic carbocycles. The van der Waals surface area contributed by atoms with Crippen LogP contribution in [0.1, 0.15) is 30.6 Å². The van der Waals surface area contributed by atoms with Crippen molar-refractivity contribution in [3.05, 3.63) is 29.8 Å². The summed E-state index contributed by atoms with van der Waals surface area (Å²) < 4.78 is 5.48. The number of nitrogens with one attached hydrogen (secondary N) is 1. The predicted octanol–water partition coefficient (Wildman–Crippen LogP) is 1.72. The molecule has 0 bridgehead atoms. The molecule has 1 aromatic rings. The second kappa shape index (κ2) is 7.53. The number of carbonyl (C=O) groups is 2. The lowest BCUT2D eigenvalue weighted by molar-refractivity contribution is -0.136. The van der Waals surface area contributed by atoms with Gasteiger partial charge in [0.2, 0.25) is 0 Å². The van der Waals surface area contributed by atoms with Gasteiger partial charge in [-0.3, -0.25) is 9.59 Å².